The van der Waals surface area contributed by atoms with Crippen molar-refractivity contribution in [2.45, 2.75) is 18.9 Å². The lowest BCUT2D eigenvalue weighted by Crippen LogP contribution is -2.33. The van der Waals surface area contributed by atoms with E-state index in [-0.39, 0.29) is 23.5 Å². The number of amides is 1. The number of carbonyl (C=O) groups excluding carboxylic acids is 1. The first-order valence-corrected chi connectivity index (χ1v) is 6.07. The number of rotatable bonds is 4. The van der Waals surface area contributed by atoms with Crippen LogP contribution in [-0.2, 0) is 4.79 Å². The van der Waals surface area contributed by atoms with Crippen molar-refractivity contribution in [1.82, 2.24) is 10.6 Å². The summed E-state index contributed by atoms with van der Waals surface area (Å²) in [5.41, 5.74) is 0.721. The van der Waals surface area contributed by atoms with E-state index in [2.05, 4.69) is 10.6 Å². The molecule has 2 rings (SSSR count). The zero-order chi connectivity index (χ0) is 13.0. The minimum absolute atomic E-state index is 0.0357. The van der Waals surface area contributed by atoms with E-state index in [4.69, 9.17) is 4.74 Å². The normalized spacial score (nSPS) is 17.8. The maximum atomic E-state index is 13.5. The molecule has 0 radical (unpaired) electrons. The van der Waals surface area contributed by atoms with Gasteiger partial charge in [-0.15, -0.1) is 0 Å². The summed E-state index contributed by atoms with van der Waals surface area (Å²) in [6, 6.07) is 4.63. The third-order valence-electron chi connectivity index (χ3n) is 2.96. The molecule has 4 nitrogen and oxygen atoms in total. The van der Waals surface area contributed by atoms with Crippen LogP contribution >= 0.6 is 0 Å². The number of ether oxygens (including phenoxy) is 1. The zero-order valence-electron chi connectivity index (χ0n) is 10.3. The predicted octanol–water partition coefficient (Wildman–Crippen LogP) is 1.37. The van der Waals surface area contributed by atoms with Crippen LogP contribution in [-0.4, -0.2) is 26.1 Å². The van der Waals surface area contributed by atoms with E-state index in [1.165, 1.54) is 6.07 Å². The van der Waals surface area contributed by atoms with E-state index in [1.807, 2.05) is 0 Å². The van der Waals surface area contributed by atoms with Gasteiger partial charge in [-0.1, -0.05) is 12.1 Å². The predicted molar refractivity (Wildman–Crippen MR) is 65.9 cm³/mol. The van der Waals surface area contributed by atoms with Crippen LogP contribution in [0.4, 0.5) is 4.39 Å². The smallest absolute Gasteiger partial charge is 0.221 e. The first kappa shape index (κ1) is 12.8. The van der Waals surface area contributed by atoms with Gasteiger partial charge in [-0.25, -0.2) is 4.39 Å². The molecule has 0 spiro atoms. The van der Waals surface area contributed by atoms with Gasteiger partial charge in [-0.2, -0.15) is 0 Å². The molecule has 0 aliphatic carbocycles. The molecule has 1 atom stereocenters. The number of benzene rings is 1. The Bertz CT molecular complexity index is 437. The van der Waals surface area contributed by atoms with E-state index < -0.39 is 0 Å². The lowest BCUT2D eigenvalue weighted by atomic mass is 10.00. The van der Waals surface area contributed by atoms with Gasteiger partial charge in [0, 0.05) is 24.9 Å². The number of para-hydroxylation sites is 1. The Kier molecular flexibility index (Phi) is 4.15. The van der Waals surface area contributed by atoms with E-state index in [0.717, 1.165) is 5.56 Å². The Hall–Kier alpha value is -1.62. The van der Waals surface area contributed by atoms with E-state index in [9.17, 15) is 9.18 Å². The van der Waals surface area contributed by atoms with Crippen molar-refractivity contribution in [3.05, 3.63) is 29.6 Å². The maximum absolute atomic E-state index is 13.5. The fourth-order valence-electron chi connectivity index (χ4n) is 2.04. The average molecular weight is 252 g/mol. The highest BCUT2D eigenvalue weighted by molar-refractivity contribution is 5.76. The monoisotopic (exact) mass is 252 g/mol. The van der Waals surface area contributed by atoms with Crippen molar-refractivity contribution < 1.29 is 13.9 Å². The van der Waals surface area contributed by atoms with E-state index in [0.29, 0.717) is 26.0 Å². The van der Waals surface area contributed by atoms with E-state index >= 15 is 0 Å². The number of halogens is 1. The summed E-state index contributed by atoms with van der Waals surface area (Å²) in [6.07, 6.45) is 1.08. The number of nitrogens with one attached hydrogen (secondary N) is 2. The van der Waals surface area contributed by atoms with Gasteiger partial charge in [0.05, 0.1) is 12.6 Å². The van der Waals surface area contributed by atoms with Crippen LogP contribution in [0.3, 0.4) is 0 Å². The molecular weight excluding hydrogens is 235 g/mol. The molecule has 0 saturated carbocycles. The second kappa shape index (κ2) is 5.82. The maximum Gasteiger partial charge on any atom is 0.221 e. The molecule has 5 heteroatoms. The quantitative estimate of drug-likeness (QED) is 0.851. The van der Waals surface area contributed by atoms with Crippen LogP contribution in [0, 0.1) is 5.82 Å². The molecule has 0 fully saturated rings. The van der Waals surface area contributed by atoms with Gasteiger partial charge in [-0.3, -0.25) is 4.79 Å². The fraction of sp³-hybridized carbons (Fsp3) is 0.462. The molecule has 0 unspecified atom stereocenters. The first-order valence-electron chi connectivity index (χ1n) is 6.07. The van der Waals surface area contributed by atoms with Crippen LogP contribution in [0.15, 0.2) is 18.2 Å². The zero-order valence-corrected chi connectivity index (χ0v) is 10.3. The molecule has 98 valence electrons. The summed E-state index contributed by atoms with van der Waals surface area (Å²) in [4.78, 5) is 11.7. The van der Waals surface area contributed by atoms with Crippen molar-refractivity contribution >= 4 is 5.91 Å². The SMILES string of the molecule is CNCCC(=O)N[C@@H]1CCOc2c(F)cccc21. The minimum atomic E-state index is -0.373. The molecule has 1 aromatic carbocycles. The molecule has 2 N–H and O–H groups in total. The summed E-state index contributed by atoms with van der Waals surface area (Å²) in [5, 5.41) is 5.83. The molecule has 1 amide bonds. The van der Waals surface area contributed by atoms with Crippen LogP contribution < -0.4 is 15.4 Å². The molecule has 0 saturated heterocycles. The van der Waals surface area contributed by atoms with Gasteiger partial charge in [-0.05, 0) is 13.1 Å². The van der Waals surface area contributed by atoms with Crippen molar-refractivity contribution in [3.63, 3.8) is 0 Å². The summed E-state index contributed by atoms with van der Waals surface area (Å²) in [5.74, 6) is -0.143. The lowest BCUT2D eigenvalue weighted by Gasteiger charge is -2.26. The summed E-state index contributed by atoms with van der Waals surface area (Å²) < 4.78 is 18.8. The fourth-order valence-corrected chi connectivity index (χ4v) is 2.04. The molecule has 1 aliphatic rings. The van der Waals surface area contributed by atoms with Gasteiger partial charge in [0.25, 0.3) is 0 Å². The third kappa shape index (κ3) is 2.79. The summed E-state index contributed by atoms with van der Waals surface area (Å²) in [6.45, 7) is 1.05. The number of fused-ring (bicyclic) bond motifs is 1. The Morgan fingerprint density at radius 3 is 3.17 bits per heavy atom. The highest BCUT2D eigenvalue weighted by Gasteiger charge is 2.24. The lowest BCUT2D eigenvalue weighted by molar-refractivity contribution is -0.121. The van der Waals surface area contributed by atoms with Crippen molar-refractivity contribution in [3.8, 4) is 5.75 Å². The summed E-state index contributed by atoms with van der Waals surface area (Å²) >= 11 is 0. The minimum Gasteiger partial charge on any atom is -0.490 e. The third-order valence-corrected chi connectivity index (χ3v) is 2.96. The second-order valence-electron chi connectivity index (χ2n) is 4.27. The van der Waals surface area contributed by atoms with Crippen LogP contribution in [0.2, 0.25) is 0 Å². The highest BCUT2D eigenvalue weighted by Crippen LogP contribution is 2.33. The first-order chi connectivity index (χ1) is 8.72. The Morgan fingerprint density at radius 1 is 1.56 bits per heavy atom. The Labute approximate surface area is 106 Å². The Morgan fingerprint density at radius 2 is 2.39 bits per heavy atom. The van der Waals surface area contributed by atoms with Crippen LogP contribution in [0.25, 0.3) is 0 Å². The topological polar surface area (TPSA) is 50.4 Å². The second-order valence-corrected chi connectivity index (χ2v) is 4.27. The molecule has 1 aromatic rings. The Balaban J connectivity index is 2.08. The van der Waals surface area contributed by atoms with Crippen molar-refractivity contribution in [2.24, 2.45) is 0 Å². The summed E-state index contributed by atoms with van der Waals surface area (Å²) in [7, 11) is 1.80. The number of hydrogen-bond acceptors (Lipinski definition) is 3. The van der Waals surface area contributed by atoms with Crippen LogP contribution in [0.5, 0.6) is 5.75 Å². The molecule has 1 aliphatic heterocycles. The molecule has 0 aromatic heterocycles. The molecule has 18 heavy (non-hydrogen) atoms. The number of carbonyl (C=O) groups is 1. The largest absolute Gasteiger partial charge is 0.490 e. The van der Waals surface area contributed by atoms with Gasteiger partial charge >= 0.3 is 0 Å². The molecular formula is C13H17FN2O2. The number of hydrogen-bond donors (Lipinski definition) is 2. The van der Waals surface area contributed by atoms with E-state index in [1.54, 1.807) is 19.2 Å². The van der Waals surface area contributed by atoms with Gasteiger partial charge in [0.2, 0.25) is 5.91 Å². The van der Waals surface area contributed by atoms with Gasteiger partial charge in [0.1, 0.15) is 0 Å². The van der Waals surface area contributed by atoms with Crippen molar-refractivity contribution in [2.75, 3.05) is 20.2 Å². The molecule has 1 heterocycles. The average Bonchev–Trinajstić information content (AvgIpc) is 2.38. The highest BCUT2D eigenvalue weighted by atomic mass is 19.1. The molecule has 0 bridgehead atoms. The van der Waals surface area contributed by atoms with Crippen molar-refractivity contribution in [1.29, 1.82) is 0 Å². The van der Waals surface area contributed by atoms with Crippen LogP contribution in [0.1, 0.15) is 24.4 Å². The van der Waals surface area contributed by atoms with Gasteiger partial charge < -0.3 is 15.4 Å². The van der Waals surface area contributed by atoms with Gasteiger partial charge in [0.15, 0.2) is 11.6 Å². The standard InChI is InChI=1S/C13H17FN2O2/c1-15-7-5-12(17)16-11-6-8-18-13-9(11)3-2-4-10(13)14/h2-4,11,15H,5-8H2,1H3,(H,16,17)/t11-/m1/s1.